The Labute approximate surface area is 579 Å². The van der Waals surface area contributed by atoms with Gasteiger partial charge in [0, 0.05) is 75.2 Å². The Balaban J connectivity index is 0.000000213. The maximum absolute atomic E-state index is 12.1. The van der Waals surface area contributed by atoms with Gasteiger partial charge in [0.15, 0.2) is 0 Å². The topological polar surface area (TPSA) is 88.2 Å². The number of para-hydroxylation sites is 3. The van der Waals surface area contributed by atoms with Crippen molar-refractivity contribution >= 4 is 77.8 Å². The van der Waals surface area contributed by atoms with Gasteiger partial charge in [-0.3, -0.25) is 14.2 Å². The minimum absolute atomic E-state index is 0. The van der Waals surface area contributed by atoms with E-state index < -0.39 is 7.60 Å². The molecule has 0 heterocycles. The Hall–Kier alpha value is -8.59. The first-order chi connectivity index (χ1) is 46.2. The van der Waals surface area contributed by atoms with Gasteiger partial charge < -0.3 is 24.2 Å². The molecule has 10 aromatic carbocycles. The molecular weight excluding hydrogens is 1220 g/mol. The van der Waals surface area contributed by atoms with Gasteiger partial charge >= 0.3 is 7.60 Å². The second kappa shape index (κ2) is 44.1. The molecule has 1 radical (unpaired) electrons. The van der Waals surface area contributed by atoms with Gasteiger partial charge in [0.05, 0.1) is 19.4 Å². The van der Waals surface area contributed by atoms with E-state index in [-0.39, 0.29) is 18.6 Å². The molecule has 0 aromatic heterocycles. The van der Waals surface area contributed by atoms with Crippen molar-refractivity contribution in [3.8, 4) is 0 Å². The van der Waals surface area contributed by atoms with Gasteiger partial charge in [-0.2, -0.15) is 0 Å². The van der Waals surface area contributed by atoms with Crippen molar-refractivity contribution in [2.75, 3.05) is 28.3 Å². The second-order valence-electron chi connectivity index (χ2n) is 23.1. The summed E-state index contributed by atoms with van der Waals surface area (Å²) in [6.07, 6.45) is 24.7. The zero-order valence-electron chi connectivity index (χ0n) is 56.1. The van der Waals surface area contributed by atoms with Crippen LogP contribution >= 0.6 is 7.60 Å². The number of anilines is 8. The van der Waals surface area contributed by atoms with Crippen LogP contribution in [0.25, 0.3) is 12.2 Å². The van der Waals surface area contributed by atoms with E-state index in [1.165, 1.54) is 117 Å². The van der Waals surface area contributed by atoms with Gasteiger partial charge in [-0.05, 0) is 189 Å². The van der Waals surface area contributed by atoms with Gasteiger partial charge in [0.25, 0.3) is 0 Å². The molecule has 10 rings (SSSR count). The molecule has 1 N–H and O–H groups in total. The molecule has 491 valence electrons. The van der Waals surface area contributed by atoms with Crippen LogP contribution in [0.15, 0.2) is 273 Å². The van der Waals surface area contributed by atoms with E-state index in [0.717, 1.165) is 58.7 Å². The molecule has 0 unspecified atom stereocenters. The average molecular weight is 1320 g/mol. The monoisotopic (exact) mass is 1320 g/mol. The molecule has 0 atom stereocenters. The predicted molar refractivity (Wildman–Crippen MR) is 400 cm³/mol. The summed E-state index contributed by atoms with van der Waals surface area (Å²) < 4.78 is 22.6. The third-order valence-corrected chi connectivity index (χ3v) is 17.8. The van der Waals surface area contributed by atoms with E-state index in [2.05, 4.69) is 193 Å². The van der Waals surface area contributed by atoms with E-state index in [4.69, 9.17) is 9.05 Å². The summed E-state index contributed by atoms with van der Waals surface area (Å²) >= 11 is 0. The fourth-order valence-corrected chi connectivity index (χ4v) is 12.4. The molecule has 0 spiro atoms. The molecule has 0 bridgehead atoms. The van der Waals surface area contributed by atoms with Gasteiger partial charge in [-0.15, -0.1) is 0 Å². The van der Waals surface area contributed by atoms with Crippen LogP contribution in [0.1, 0.15) is 153 Å². The van der Waals surface area contributed by atoms with Crippen molar-refractivity contribution in [2.45, 2.75) is 124 Å². The van der Waals surface area contributed by atoms with Crippen molar-refractivity contribution in [2.24, 2.45) is 0 Å². The van der Waals surface area contributed by atoms with Crippen molar-refractivity contribution in [1.29, 1.82) is 0 Å². The fourth-order valence-electron chi connectivity index (χ4n) is 10.7. The van der Waals surface area contributed by atoms with Crippen molar-refractivity contribution in [3.05, 3.63) is 312 Å². The predicted octanol–water partition coefficient (Wildman–Crippen LogP) is 24.8. The molecule has 0 saturated heterocycles. The number of nitrogens with zero attached hydrogens (tertiary/aromatic N) is 2. The maximum atomic E-state index is 12.1. The van der Waals surface area contributed by atoms with E-state index in [1.54, 1.807) is 12.1 Å². The van der Waals surface area contributed by atoms with Crippen molar-refractivity contribution in [3.63, 3.8) is 0 Å². The largest absolute Gasteiger partial charge is 0.356 e. The SMILES string of the molecule is CCCCCCCCc1ccc(N(c2ccccc2)c2ccc(/C=C/c3ccccc3)cc2)cc1.CCCCCCCCc1ccc(N(c2ccccc2)c2ccc(C=O)cc2)cc1.CCOP(=O)(Cc1ccccc1)OCC.O=Cc1ccc(Nc2ccccc2)cc1.[V]. The molecule has 0 aliphatic rings. The van der Waals surface area contributed by atoms with Crippen LogP contribution in [0.4, 0.5) is 45.5 Å². The molecule has 10 heteroatoms. The van der Waals surface area contributed by atoms with Crippen molar-refractivity contribution < 1.29 is 41.8 Å². The van der Waals surface area contributed by atoms with Crippen LogP contribution in [0.5, 0.6) is 0 Å². The van der Waals surface area contributed by atoms with Crippen molar-refractivity contribution in [1.82, 2.24) is 0 Å². The number of rotatable bonds is 32. The Morgan fingerprint density at radius 3 is 1.02 bits per heavy atom. The summed E-state index contributed by atoms with van der Waals surface area (Å²) in [6, 6.07) is 92.8. The quantitative estimate of drug-likeness (QED) is 0.0193. The molecular formula is C85H96N3O5PV. The summed E-state index contributed by atoms with van der Waals surface area (Å²) in [7, 11) is -2.94. The number of hydrogen-bond acceptors (Lipinski definition) is 8. The molecule has 0 aliphatic carbocycles. The molecule has 0 aliphatic heterocycles. The Bertz CT molecular complexity index is 3700. The first-order valence-electron chi connectivity index (χ1n) is 33.8. The van der Waals surface area contributed by atoms with Gasteiger partial charge in [-0.1, -0.05) is 242 Å². The number of hydrogen-bond donors (Lipinski definition) is 1. The summed E-state index contributed by atoms with van der Waals surface area (Å²) in [5.74, 6) is 0. The van der Waals surface area contributed by atoms with Crippen LogP contribution in [0, 0.1) is 0 Å². The van der Waals surface area contributed by atoms with Gasteiger partial charge in [0.1, 0.15) is 12.6 Å². The van der Waals surface area contributed by atoms with Crippen LogP contribution in [-0.4, -0.2) is 25.8 Å². The van der Waals surface area contributed by atoms with Gasteiger partial charge in [-0.25, -0.2) is 0 Å². The smallest absolute Gasteiger partial charge is 0.335 e. The molecule has 0 fully saturated rings. The summed E-state index contributed by atoms with van der Waals surface area (Å²) in [5.41, 5.74) is 16.4. The van der Waals surface area contributed by atoms with E-state index in [9.17, 15) is 14.2 Å². The molecule has 0 amide bonds. The standard InChI is InChI=1S/C34H37N.C27H31NO.C13H11NO.C11H17O3P.V/c1-2-3-4-5-6-9-16-30-21-25-33(26-22-30)35(32-17-12-8-13-18-32)34-27-23-31(24-28-34)20-19-29-14-10-7-11-15-29;1-2-3-4-5-6-8-11-23-14-18-26(19-15-23)28(25-12-9-7-10-13-25)27-20-16-24(22-29)17-21-27;15-10-11-6-8-13(9-7-11)14-12-4-2-1-3-5-12;1-3-13-15(12,14-4-2)10-11-8-6-5-7-9-11;/h7-8,10-15,17-28H,2-6,9,16H2,1H3;7,9-10,12-22H,2-6,8,11H2,1H3;1-10,14H;5-9H,3-4,10H2,1-2H3;/b20-19+;;;;. The number of nitrogens with one attached hydrogen (secondary N) is 1. The number of aldehydes is 2. The Morgan fingerprint density at radius 2 is 0.632 bits per heavy atom. The normalized spacial score (nSPS) is 10.7. The fraction of sp³-hybridized carbons (Fsp3) is 0.247. The third-order valence-electron chi connectivity index (χ3n) is 15.7. The van der Waals surface area contributed by atoms with E-state index in [0.29, 0.717) is 30.5 Å². The van der Waals surface area contributed by atoms with Crippen LogP contribution in [0.3, 0.4) is 0 Å². The summed E-state index contributed by atoms with van der Waals surface area (Å²) in [4.78, 5) is 26.0. The number of carbonyl (C=O) groups excluding carboxylic acids is 2. The average Bonchev–Trinajstić information content (AvgIpc) is 0.875. The van der Waals surface area contributed by atoms with Crippen LogP contribution in [0.2, 0.25) is 0 Å². The molecule has 10 aromatic rings. The molecule has 8 nitrogen and oxygen atoms in total. The second-order valence-corrected chi connectivity index (χ2v) is 25.1. The zero-order chi connectivity index (χ0) is 66.1. The summed E-state index contributed by atoms with van der Waals surface area (Å²) in [5, 5.41) is 3.24. The van der Waals surface area contributed by atoms with E-state index in [1.807, 2.05) is 123 Å². The summed E-state index contributed by atoms with van der Waals surface area (Å²) in [6.45, 7) is 8.98. The minimum Gasteiger partial charge on any atom is -0.356 e. The first kappa shape index (κ1) is 75.4. The Morgan fingerprint density at radius 1 is 0.326 bits per heavy atom. The van der Waals surface area contributed by atoms with Crippen LogP contribution in [-0.2, 0) is 51.2 Å². The number of benzene rings is 10. The molecule has 0 saturated carbocycles. The number of aryl methyl sites for hydroxylation is 2. The first-order valence-corrected chi connectivity index (χ1v) is 35.5. The Kier molecular flexibility index (Phi) is 35.1. The zero-order valence-corrected chi connectivity index (χ0v) is 58.4. The van der Waals surface area contributed by atoms with Gasteiger partial charge in [0.2, 0.25) is 0 Å². The number of unbranched alkanes of at least 4 members (excludes halogenated alkanes) is 10. The maximum Gasteiger partial charge on any atom is 0.335 e. The third kappa shape index (κ3) is 27.3. The molecule has 95 heavy (non-hydrogen) atoms. The van der Waals surface area contributed by atoms with Crippen LogP contribution < -0.4 is 15.1 Å². The number of carbonyl (C=O) groups is 2. The minimum atomic E-state index is -2.94. The van der Waals surface area contributed by atoms with E-state index >= 15 is 0 Å².